The van der Waals surface area contributed by atoms with Gasteiger partial charge in [-0.25, -0.2) is 8.42 Å². The number of halogens is 3. The molecule has 2 N–H and O–H groups in total. The van der Waals surface area contributed by atoms with E-state index >= 15 is 0 Å². The molecule has 0 saturated heterocycles. The van der Waals surface area contributed by atoms with Crippen molar-refractivity contribution >= 4 is 27.3 Å². The van der Waals surface area contributed by atoms with Crippen LogP contribution in [0.3, 0.4) is 0 Å². The summed E-state index contributed by atoms with van der Waals surface area (Å²) >= 11 is 0. The Bertz CT molecular complexity index is 814. The number of amides is 1. The number of sulfonamides is 1. The van der Waals surface area contributed by atoms with E-state index in [2.05, 4.69) is 5.32 Å². The zero-order valence-corrected chi connectivity index (χ0v) is 12.5. The van der Waals surface area contributed by atoms with Crippen molar-refractivity contribution in [2.75, 3.05) is 16.3 Å². The molecule has 10 heteroatoms. The minimum Gasteiger partial charge on any atom is -0.472 e. The summed E-state index contributed by atoms with van der Waals surface area (Å²) in [5, 5.41) is 2.22. The van der Waals surface area contributed by atoms with Gasteiger partial charge in [-0.05, 0) is 24.3 Å². The maximum atomic E-state index is 12.8. The van der Waals surface area contributed by atoms with E-state index in [-0.39, 0.29) is 16.9 Å². The first-order valence-corrected chi connectivity index (χ1v) is 7.98. The Balaban J connectivity index is 2.41. The van der Waals surface area contributed by atoms with E-state index in [0.29, 0.717) is 12.1 Å². The van der Waals surface area contributed by atoms with Gasteiger partial charge >= 0.3 is 6.18 Å². The largest absolute Gasteiger partial charge is 0.472 e. The fourth-order valence-corrected chi connectivity index (χ4v) is 2.28. The van der Waals surface area contributed by atoms with Crippen molar-refractivity contribution in [1.82, 2.24) is 0 Å². The zero-order chi connectivity index (χ0) is 17.3. The molecular formula is C13H11F3N2O4S. The highest BCUT2D eigenvalue weighted by Gasteiger charge is 2.31. The minimum absolute atomic E-state index is 0.0766. The first kappa shape index (κ1) is 16.9. The fourth-order valence-electron chi connectivity index (χ4n) is 1.70. The molecule has 1 aromatic carbocycles. The molecule has 23 heavy (non-hydrogen) atoms. The highest BCUT2D eigenvalue weighted by molar-refractivity contribution is 7.92. The number of nitrogens with one attached hydrogen (secondary N) is 2. The van der Waals surface area contributed by atoms with Crippen molar-refractivity contribution in [2.45, 2.75) is 6.18 Å². The summed E-state index contributed by atoms with van der Waals surface area (Å²) in [7, 11) is -3.74. The Morgan fingerprint density at radius 1 is 1.17 bits per heavy atom. The number of furan rings is 1. The van der Waals surface area contributed by atoms with Gasteiger partial charge in [0, 0.05) is 0 Å². The molecule has 0 spiro atoms. The Morgan fingerprint density at radius 3 is 2.39 bits per heavy atom. The van der Waals surface area contributed by atoms with Gasteiger partial charge < -0.3 is 9.73 Å². The van der Waals surface area contributed by atoms with Gasteiger partial charge in [0.25, 0.3) is 5.91 Å². The average molecular weight is 348 g/mol. The van der Waals surface area contributed by atoms with Gasteiger partial charge in [0.15, 0.2) is 0 Å². The molecule has 1 amide bonds. The molecule has 124 valence electrons. The predicted molar refractivity (Wildman–Crippen MR) is 76.6 cm³/mol. The maximum absolute atomic E-state index is 12.8. The van der Waals surface area contributed by atoms with Gasteiger partial charge in [-0.2, -0.15) is 13.2 Å². The number of rotatable bonds is 4. The number of anilines is 2. The van der Waals surface area contributed by atoms with Crippen LogP contribution in [-0.4, -0.2) is 20.6 Å². The molecule has 0 aliphatic carbocycles. The quantitative estimate of drug-likeness (QED) is 0.889. The first-order chi connectivity index (χ1) is 10.6. The highest BCUT2D eigenvalue weighted by Crippen LogP contribution is 2.34. The van der Waals surface area contributed by atoms with Crippen molar-refractivity contribution in [3.8, 4) is 0 Å². The van der Waals surface area contributed by atoms with E-state index in [9.17, 15) is 26.4 Å². The molecule has 1 heterocycles. The van der Waals surface area contributed by atoms with Crippen LogP contribution in [0.2, 0.25) is 0 Å². The van der Waals surface area contributed by atoms with Crippen LogP contribution in [0, 0.1) is 0 Å². The van der Waals surface area contributed by atoms with Crippen molar-refractivity contribution in [2.24, 2.45) is 0 Å². The lowest BCUT2D eigenvalue weighted by Gasteiger charge is -2.14. The Morgan fingerprint density at radius 2 is 1.87 bits per heavy atom. The monoisotopic (exact) mass is 348 g/mol. The van der Waals surface area contributed by atoms with Crippen LogP contribution in [0.1, 0.15) is 15.9 Å². The number of benzene rings is 1. The van der Waals surface area contributed by atoms with Crippen LogP contribution >= 0.6 is 0 Å². The standard InChI is InChI=1S/C13H11F3N2O4S/c1-23(20,21)18-10-3-2-9(13(14,15)16)6-11(10)17-12(19)8-4-5-22-7-8/h2-7,18H,1H3,(H,17,19). The molecule has 0 bridgehead atoms. The van der Waals surface area contributed by atoms with Crippen molar-refractivity contribution in [3.05, 3.63) is 47.9 Å². The normalized spacial score (nSPS) is 12.0. The summed E-state index contributed by atoms with van der Waals surface area (Å²) in [6.45, 7) is 0. The second-order valence-corrected chi connectivity index (χ2v) is 6.35. The van der Waals surface area contributed by atoms with Crippen LogP contribution in [0.4, 0.5) is 24.5 Å². The molecule has 0 aliphatic heterocycles. The third-order valence-electron chi connectivity index (χ3n) is 2.67. The SMILES string of the molecule is CS(=O)(=O)Nc1ccc(C(F)(F)F)cc1NC(=O)c1ccoc1. The van der Waals surface area contributed by atoms with E-state index in [1.807, 2.05) is 4.72 Å². The Hall–Kier alpha value is -2.49. The van der Waals surface area contributed by atoms with E-state index < -0.39 is 27.7 Å². The molecule has 0 unspecified atom stereocenters. The van der Waals surface area contributed by atoms with Gasteiger partial charge in [-0.1, -0.05) is 0 Å². The van der Waals surface area contributed by atoms with E-state index in [0.717, 1.165) is 18.6 Å². The zero-order valence-electron chi connectivity index (χ0n) is 11.6. The van der Waals surface area contributed by atoms with Gasteiger partial charge in [-0.15, -0.1) is 0 Å². The molecule has 0 saturated carbocycles. The molecule has 6 nitrogen and oxygen atoms in total. The van der Waals surface area contributed by atoms with Crippen LogP contribution in [0.25, 0.3) is 0 Å². The van der Waals surface area contributed by atoms with Crippen molar-refractivity contribution < 1.29 is 30.8 Å². The first-order valence-electron chi connectivity index (χ1n) is 6.09. The third kappa shape index (κ3) is 4.49. The lowest BCUT2D eigenvalue weighted by molar-refractivity contribution is -0.137. The molecule has 0 fully saturated rings. The molecule has 2 aromatic rings. The van der Waals surface area contributed by atoms with Gasteiger partial charge in [0.2, 0.25) is 10.0 Å². The molecular weight excluding hydrogens is 337 g/mol. The summed E-state index contributed by atoms with van der Waals surface area (Å²) in [4.78, 5) is 11.9. The molecule has 0 radical (unpaired) electrons. The molecule has 0 atom stereocenters. The van der Waals surface area contributed by atoms with Crippen molar-refractivity contribution in [3.63, 3.8) is 0 Å². The molecule has 1 aromatic heterocycles. The second-order valence-electron chi connectivity index (χ2n) is 4.60. The van der Waals surface area contributed by atoms with E-state index in [4.69, 9.17) is 4.42 Å². The Kier molecular flexibility index (Phi) is 4.37. The number of hydrogen-bond donors (Lipinski definition) is 2. The third-order valence-corrected chi connectivity index (χ3v) is 3.26. The summed E-state index contributed by atoms with van der Waals surface area (Å²) in [6.07, 6.45) is -1.48. The van der Waals surface area contributed by atoms with Crippen LogP contribution in [0.15, 0.2) is 41.2 Å². The lowest BCUT2D eigenvalue weighted by Crippen LogP contribution is -2.17. The highest BCUT2D eigenvalue weighted by atomic mass is 32.2. The molecule has 2 rings (SSSR count). The summed E-state index contributed by atoms with van der Waals surface area (Å²) < 4.78 is 67.7. The van der Waals surface area contributed by atoms with Gasteiger partial charge in [0.05, 0.1) is 35.0 Å². The maximum Gasteiger partial charge on any atom is 0.416 e. The Labute approximate surface area is 129 Å². The predicted octanol–water partition coefficient (Wildman–Crippen LogP) is 2.92. The van der Waals surface area contributed by atoms with Crippen molar-refractivity contribution in [1.29, 1.82) is 0 Å². The number of carbonyl (C=O) groups excluding carboxylic acids is 1. The second kappa shape index (κ2) is 5.95. The number of carbonyl (C=O) groups is 1. The van der Waals surface area contributed by atoms with Crippen LogP contribution in [0.5, 0.6) is 0 Å². The number of hydrogen-bond acceptors (Lipinski definition) is 4. The van der Waals surface area contributed by atoms with Gasteiger partial charge in [0.1, 0.15) is 6.26 Å². The molecule has 0 aliphatic rings. The lowest BCUT2D eigenvalue weighted by atomic mass is 10.1. The van der Waals surface area contributed by atoms with E-state index in [1.165, 1.54) is 12.3 Å². The topological polar surface area (TPSA) is 88.4 Å². The van der Waals surface area contributed by atoms with Crippen LogP contribution in [-0.2, 0) is 16.2 Å². The average Bonchev–Trinajstić information content (AvgIpc) is 2.91. The van der Waals surface area contributed by atoms with E-state index in [1.54, 1.807) is 0 Å². The number of alkyl halides is 3. The summed E-state index contributed by atoms with van der Waals surface area (Å²) in [6, 6.07) is 3.59. The smallest absolute Gasteiger partial charge is 0.416 e. The van der Waals surface area contributed by atoms with Crippen LogP contribution < -0.4 is 10.0 Å². The summed E-state index contributed by atoms with van der Waals surface area (Å²) in [5.74, 6) is -0.741. The minimum atomic E-state index is -4.64. The summed E-state index contributed by atoms with van der Waals surface area (Å²) in [5.41, 5.74) is -1.46. The van der Waals surface area contributed by atoms with Gasteiger partial charge in [-0.3, -0.25) is 9.52 Å². The fraction of sp³-hybridized carbons (Fsp3) is 0.154.